The van der Waals surface area contributed by atoms with Crippen molar-refractivity contribution in [2.45, 2.75) is 12.7 Å². The van der Waals surface area contributed by atoms with Crippen molar-refractivity contribution < 1.29 is 23.8 Å². The number of halogens is 1. The van der Waals surface area contributed by atoms with Gasteiger partial charge in [-0.3, -0.25) is 0 Å². The molecule has 0 spiro atoms. The van der Waals surface area contributed by atoms with Crippen LogP contribution < -0.4 is 0 Å². The van der Waals surface area contributed by atoms with E-state index >= 15 is 0 Å². The minimum atomic E-state index is -0.584. The van der Waals surface area contributed by atoms with Crippen LogP contribution in [-0.4, -0.2) is 26.2 Å². The molecular weight excluding hydrogens is 376 g/mol. The molecule has 3 rings (SSSR count). The third-order valence-electron chi connectivity index (χ3n) is 3.95. The number of methoxy groups -OCH3 is 2. The molecule has 0 fully saturated rings. The highest BCUT2D eigenvalue weighted by atomic mass is 79.9. The van der Waals surface area contributed by atoms with Gasteiger partial charge in [-0.2, -0.15) is 0 Å². The first-order chi connectivity index (χ1) is 11.5. The van der Waals surface area contributed by atoms with Gasteiger partial charge in [0, 0.05) is 4.47 Å². The number of esters is 2. The maximum atomic E-state index is 12.1. The van der Waals surface area contributed by atoms with E-state index in [1.165, 1.54) is 14.2 Å². The van der Waals surface area contributed by atoms with Gasteiger partial charge in [-0.15, -0.1) is 0 Å². The van der Waals surface area contributed by atoms with Crippen molar-refractivity contribution in [2.75, 3.05) is 14.2 Å². The molecule has 0 saturated carbocycles. The Morgan fingerprint density at radius 1 is 1.04 bits per heavy atom. The Bertz CT molecular complexity index is 798. The summed E-state index contributed by atoms with van der Waals surface area (Å²) in [5.41, 5.74) is 3.04. The first kappa shape index (κ1) is 16.7. The molecule has 0 bridgehead atoms. The molecule has 0 N–H and O–H groups in total. The second kappa shape index (κ2) is 6.75. The standard InChI is InChI=1S/C18H15BrO5/c1-22-17(20)14-7-11-9-24-16(10-3-5-12(19)6-4-10)13(11)8-15(14)18(21)23-2/h3-8,16H,9H2,1-2H3. The quantitative estimate of drug-likeness (QED) is 0.748. The van der Waals surface area contributed by atoms with Gasteiger partial charge in [0.1, 0.15) is 6.10 Å². The largest absolute Gasteiger partial charge is 0.465 e. The number of hydrogen-bond acceptors (Lipinski definition) is 5. The maximum Gasteiger partial charge on any atom is 0.338 e. The number of benzene rings is 2. The molecule has 24 heavy (non-hydrogen) atoms. The summed E-state index contributed by atoms with van der Waals surface area (Å²) >= 11 is 3.41. The minimum Gasteiger partial charge on any atom is -0.465 e. The van der Waals surface area contributed by atoms with Crippen molar-refractivity contribution in [2.24, 2.45) is 0 Å². The molecule has 1 atom stereocenters. The molecule has 0 aromatic heterocycles. The fourth-order valence-electron chi connectivity index (χ4n) is 2.76. The van der Waals surface area contributed by atoms with Crippen LogP contribution in [0.3, 0.4) is 0 Å². The van der Waals surface area contributed by atoms with Crippen LogP contribution in [-0.2, 0) is 20.8 Å². The summed E-state index contributed by atoms with van der Waals surface area (Å²) in [6, 6.07) is 11.1. The number of hydrogen-bond donors (Lipinski definition) is 0. The SMILES string of the molecule is COC(=O)c1cc2c(cc1C(=O)OC)C(c1ccc(Br)cc1)OC2. The molecule has 2 aromatic rings. The lowest BCUT2D eigenvalue weighted by Crippen LogP contribution is -2.13. The van der Waals surface area contributed by atoms with Gasteiger partial charge in [-0.05, 0) is 41.0 Å². The highest BCUT2D eigenvalue weighted by Crippen LogP contribution is 2.38. The average molecular weight is 391 g/mol. The van der Waals surface area contributed by atoms with Gasteiger partial charge in [0.2, 0.25) is 0 Å². The van der Waals surface area contributed by atoms with Crippen LogP contribution in [0.1, 0.15) is 43.5 Å². The monoisotopic (exact) mass is 390 g/mol. The second-order valence-corrected chi connectivity index (χ2v) is 6.24. The van der Waals surface area contributed by atoms with Crippen LogP contribution in [0.2, 0.25) is 0 Å². The topological polar surface area (TPSA) is 61.8 Å². The summed E-state index contributed by atoms with van der Waals surface area (Å²) < 4.78 is 16.4. The molecule has 0 aliphatic carbocycles. The Balaban J connectivity index is 2.09. The van der Waals surface area contributed by atoms with Crippen LogP contribution >= 0.6 is 15.9 Å². The Morgan fingerprint density at radius 2 is 1.62 bits per heavy atom. The van der Waals surface area contributed by atoms with Crippen molar-refractivity contribution >= 4 is 27.9 Å². The predicted octanol–water partition coefficient (Wildman–Crippen LogP) is 3.64. The molecular formula is C18H15BrO5. The zero-order valence-corrected chi connectivity index (χ0v) is 14.8. The third-order valence-corrected chi connectivity index (χ3v) is 4.48. The van der Waals surface area contributed by atoms with Gasteiger partial charge >= 0.3 is 11.9 Å². The minimum absolute atomic E-state index is 0.177. The zero-order valence-electron chi connectivity index (χ0n) is 13.2. The maximum absolute atomic E-state index is 12.1. The van der Waals surface area contributed by atoms with E-state index in [4.69, 9.17) is 14.2 Å². The van der Waals surface area contributed by atoms with Crippen LogP contribution in [0.4, 0.5) is 0 Å². The predicted molar refractivity (Wildman–Crippen MR) is 89.9 cm³/mol. The van der Waals surface area contributed by atoms with Gasteiger partial charge in [-0.1, -0.05) is 28.1 Å². The molecule has 5 nitrogen and oxygen atoms in total. The number of carbonyl (C=O) groups excluding carboxylic acids is 2. The normalized spacial score (nSPS) is 15.7. The lowest BCUT2D eigenvalue weighted by molar-refractivity contribution is 0.0555. The Morgan fingerprint density at radius 3 is 2.21 bits per heavy atom. The van der Waals surface area contributed by atoms with Crippen LogP contribution in [0.15, 0.2) is 40.9 Å². The van der Waals surface area contributed by atoms with E-state index in [1.54, 1.807) is 12.1 Å². The Kier molecular flexibility index (Phi) is 4.69. The summed E-state index contributed by atoms with van der Waals surface area (Å²) in [4.78, 5) is 24.0. The smallest absolute Gasteiger partial charge is 0.338 e. The molecule has 0 amide bonds. The Hall–Kier alpha value is -2.18. The van der Waals surface area contributed by atoms with Crippen LogP contribution in [0.25, 0.3) is 0 Å². The molecule has 0 saturated heterocycles. The van der Waals surface area contributed by atoms with Gasteiger partial charge in [0.15, 0.2) is 0 Å². The molecule has 1 heterocycles. The van der Waals surface area contributed by atoms with Crippen LogP contribution in [0.5, 0.6) is 0 Å². The van der Waals surface area contributed by atoms with Crippen molar-refractivity contribution in [3.8, 4) is 0 Å². The highest BCUT2D eigenvalue weighted by Gasteiger charge is 2.30. The summed E-state index contributed by atoms with van der Waals surface area (Å²) in [7, 11) is 2.55. The van der Waals surface area contributed by atoms with E-state index in [1.807, 2.05) is 24.3 Å². The zero-order chi connectivity index (χ0) is 17.3. The van der Waals surface area contributed by atoms with E-state index in [0.29, 0.717) is 6.61 Å². The van der Waals surface area contributed by atoms with E-state index in [0.717, 1.165) is 21.2 Å². The molecule has 1 aliphatic heterocycles. The summed E-state index contributed by atoms with van der Waals surface area (Å²) in [6.45, 7) is 0.363. The number of carbonyl (C=O) groups is 2. The molecule has 0 radical (unpaired) electrons. The lowest BCUT2D eigenvalue weighted by atomic mass is 9.94. The fourth-order valence-corrected chi connectivity index (χ4v) is 3.03. The van der Waals surface area contributed by atoms with E-state index in [-0.39, 0.29) is 17.2 Å². The summed E-state index contributed by atoms with van der Waals surface area (Å²) in [5.74, 6) is -1.16. The number of fused-ring (bicyclic) bond motifs is 1. The van der Waals surface area contributed by atoms with Gasteiger partial charge in [-0.25, -0.2) is 9.59 Å². The number of rotatable bonds is 3. The van der Waals surface area contributed by atoms with Crippen molar-refractivity contribution in [3.05, 3.63) is 68.7 Å². The molecule has 1 aliphatic rings. The highest BCUT2D eigenvalue weighted by molar-refractivity contribution is 9.10. The first-order valence-corrected chi connectivity index (χ1v) is 8.05. The van der Waals surface area contributed by atoms with Crippen molar-refractivity contribution in [1.82, 2.24) is 0 Å². The van der Waals surface area contributed by atoms with Gasteiger partial charge in [0.25, 0.3) is 0 Å². The molecule has 6 heteroatoms. The van der Waals surface area contributed by atoms with E-state index in [9.17, 15) is 9.59 Å². The Labute approximate surface area is 147 Å². The van der Waals surface area contributed by atoms with Crippen LogP contribution in [0, 0.1) is 0 Å². The lowest BCUT2D eigenvalue weighted by Gasteiger charge is -2.14. The second-order valence-electron chi connectivity index (χ2n) is 5.32. The summed E-state index contributed by atoms with van der Waals surface area (Å²) in [5, 5.41) is 0. The summed E-state index contributed by atoms with van der Waals surface area (Å²) in [6.07, 6.45) is -0.289. The molecule has 1 unspecified atom stereocenters. The first-order valence-electron chi connectivity index (χ1n) is 7.25. The third kappa shape index (κ3) is 2.95. The van der Waals surface area contributed by atoms with Gasteiger partial charge in [0.05, 0.1) is 32.0 Å². The van der Waals surface area contributed by atoms with E-state index in [2.05, 4.69) is 15.9 Å². The van der Waals surface area contributed by atoms with Crippen molar-refractivity contribution in [3.63, 3.8) is 0 Å². The van der Waals surface area contributed by atoms with E-state index < -0.39 is 11.9 Å². The fraction of sp³-hybridized carbons (Fsp3) is 0.222. The van der Waals surface area contributed by atoms with Crippen molar-refractivity contribution in [1.29, 1.82) is 0 Å². The molecule has 124 valence electrons. The molecule has 2 aromatic carbocycles. The number of ether oxygens (including phenoxy) is 3. The van der Waals surface area contributed by atoms with Gasteiger partial charge < -0.3 is 14.2 Å². The average Bonchev–Trinajstić information content (AvgIpc) is 3.02.